The molecular weight excluding hydrogens is 256 g/mol. The lowest BCUT2D eigenvalue weighted by atomic mass is 10.1. The van der Waals surface area contributed by atoms with Crippen LogP contribution in [0.5, 0.6) is 0 Å². The summed E-state index contributed by atoms with van der Waals surface area (Å²) in [6, 6.07) is 7.57. The van der Waals surface area contributed by atoms with Gasteiger partial charge >= 0.3 is 5.97 Å². The quantitative estimate of drug-likeness (QED) is 0.850. The van der Waals surface area contributed by atoms with Crippen LogP contribution in [0.4, 0.5) is 5.69 Å². The highest BCUT2D eigenvalue weighted by atomic mass is 16.5. The van der Waals surface area contributed by atoms with Crippen LogP contribution in [0.2, 0.25) is 0 Å². The Hall–Kier alpha value is -2.32. The summed E-state index contributed by atoms with van der Waals surface area (Å²) < 4.78 is 5.41. The molecule has 1 saturated heterocycles. The van der Waals surface area contributed by atoms with E-state index < -0.39 is 5.97 Å². The van der Waals surface area contributed by atoms with E-state index in [9.17, 15) is 10.1 Å². The van der Waals surface area contributed by atoms with Crippen molar-refractivity contribution in [3.63, 3.8) is 0 Å². The molecule has 20 heavy (non-hydrogen) atoms. The Balaban J connectivity index is 2.25. The van der Waals surface area contributed by atoms with E-state index in [0.717, 1.165) is 37.9 Å². The Labute approximate surface area is 117 Å². The maximum absolute atomic E-state index is 10.5. The number of nitrogens with zero attached hydrogens (tertiary/aromatic N) is 2. The first-order valence-corrected chi connectivity index (χ1v) is 6.48. The predicted octanol–water partition coefficient (Wildman–Crippen LogP) is 1.88. The number of hydrogen-bond acceptors (Lipinski definition) is 4. The summed E-state index contributed by atoms with van der Waals surface area (Å²) in [6.45, 7) is 3.03. The third kappa shape index (κ3) is 3.59. The Bertz CT molecular complexity index is 553. The van der Waals surface area contributed by atoms with Crippen LogP contribution in [0.3, 0.4) is 0 Å². The SMILES string of the molecule is N#Cc1cc(/C=C/C(=O)O)ccc1N1CCCOCC1. The number of rotatable bonds is 3. The minimum atomic E-state index is -1.00. The van der Waals surface area contributed by atoms with E-state index in [0.29, 0.717) is 17.7 Å². The van der Waals surface area contributed by atoms with Crippen LogP contribution in [0.1, 0.15) is 17.5 Å². The maximum atomic E-state index is 10.5. The van der Waals surface area contributed by atoms with E-state index >= 15 is 0 Å². The molecule has 1 aliphatic rings. The van der Waals surface area contributed by atoms with Gasteiger partial charge in [-0.1, -0.05) is 6.07 Å². The van der Waals surface area contributed by atoms with Gasteiger partial charge in [-0.3, -0.25) is 0 Å². The number of benzene rings is 1. The van der Waals surface area contributed by atoms with Crippen molar-refractivity contribution in [1.82, 2.24) is 0 Å². The summed E-state index contributed by atoms with van der Waals surface area (Å²) in [5.41, 5.74) is 2.14. The predicted molar refractivity (Wildman–Crippen MR) is 75.5 cm³/mol. The van der Waals surface area contributed by atoms with Crippen LogP contribution in [-0.2, 0) is 9.53 Å². The van der Waals surface area contributed by atoms with Gasteiger partial charge in [0.15, 0.2) is 0 Å². The molecule has 0 atom stereocenters. The Morgan fingerprint density at radius 3 is 3.00 bits per heavy atom. The Morgan fingerprint density at radius 1 is 1.40 bits per heavy atom. The second-order valence-electron chi connectivity index (χ2n) is 4.51. The highest BCUT2D eigenvalue weighted by molar-refractivity contribution is 5.85. The lowest BCUT2D eigenvalue weighted by Crippen LogP contribution is -2.26. The number of nitriles is 1. The number of carboxylic acids is 1. The minimum Gasteiger partial charge on any atom is -0.478 e. The van der Waals surface area contributed by atoms with Gasteiger partial charge < -0.3 is 14.7 Å². The zero-order valence-electron chi connectivity index (χ0n) is 11.1. The second-order valence-corrected chi connectivity index (χ2v) is 4.51. The van der Waals surface area contributed by atoms with Gasteiger partial charge in [0.25, 0.3) is 0 Å². The van der Waals surface area contributed by atoms with Crippen molar-refractivity contribution in [3.05, 3.63) is 35.4 Å². The molecule has 1 aromatic carbocycles. The number of carbonyl (C=O) groups is 1. The van der Waals surface area contributed by atoms with Gasteiger partial charge in [0.05, 0.1) is 17.9 Å². The molecule has 0 spiro atoms. The molecule has 0 aromatic heterocycles. The molecule has 1 N–H and O–H groups in total. The van der Waals surface area contributed by atoms with Crippen molar-refractivity contribution in [2.75, 3.05) is 31.2 Å². The zero-order chi connectivity index (χ0) is 14.4. The highest BCUT2D eigenvalue weighted by Gasteiger charge is 2.13. The average molecular weight is 272 g/mol. The summed E-state index contributed by atoms with van der Waals surface area (Å²) in [4.78, 5) is 12.6. The average Bonchev–Trinajstić information content (AvgIpc) is 2.73. The third-order valence-corrected chi connectivity index (χ3v) is 3.12. The first kappa shape index (κ1) is 14.1. The number of hydrogen-bond donors (Lipinski definition) is 1. The molecule has 5 heteroatoms. The molecule has 0 saturated carbocycles. The van der Waals surface area contributed by atoms with Crippen LogP contribution in [0.25, 0.3) is 6.08 Å². The summed E-state index contributed by atoms with van der Waals surface area (Å²) in [6.07, 6.45) is 3.49. The maximum Gasteiger partial charge on any atom is 0.328 e. The molecule has 0 radical (unpaired) electrons. The standard InChI is InChI=1S/C15H16N2O3/c16-11-13-10-12(3-5-15(18)19)2-4-14(13)17-6-1-8-20-9-7-17/h2-5,10H,1,6-9H2,(H,18,19)/b5-3+. The van der Waals surface area contributed by atoms with Gasteiger partial charge in [-0.25, -0.2) is 4.79 Å². The topological polar surface area (TPSA) is 73.6 Å². The van der Waals surface area contributed by atoms with Crippen LogP contribution < -0.4 is 4.90 Å². The fourth-order valence-electron chi connectivity index (χ4n) is 2.18. The number of aliphatic carboxylic acids is 1. The molecular formula is C15H16N2O3. The van der Waals surface area contributed by atoms with E-state index in [1.54, 1.807) is 6.07 Å². The van der Waals surface area contributed by atoms with Crippen molar-refractivity contribution in [1.29, 1.82) is 5.26 Å². The minimum absolute atomic E-state index is 0.555. The lowest BCUT2D eigenvalue weighted by molar-refractivity contribution is -0.131. The first-order chi connectivity index (χ1) is 9.70. The summed E-state index contributed by atoms with van der Waals surface area (Å²) >= 11 is 0. The van der Waals surface area contributed by atoms with E-state index in [2.05, 4.69) is 11.0 Å². The monoisotopic (exact) mass is 272 g/mol. The van der Waals surface area contributed by atoms with Gasteiger partial charge in [0, 0.05) is 25.8 Å². The normalized spacial score (nSPS) is 15.8. The molecule has 0 aliphatic carbocycles. The smallest absolute Gasteiger partial charge is 0.328 e. The molecule has 2 rings (SSSR count). The molecule has 1 aromatic rings. The number of anilines is 1. The van der Waals surface area contributed by atoms with Crippen molar-refractivity contribution in [2.45, 2.75) is 6.42 Å². The van der Waals surface area contributed by atoms with Gasteiger partial charge in [-0.2, -0.15) is 5.26 Å². The van der Waals surface area contributed by atoms with Crippen molar-refractivity contribution in [2.24, 2.45) is 0 Å². The molecule has 1 aliphatic heterocycles. The van der Waals surface area contributed by atoms with Gasteiger partial charge in [-0.05, 0) is 30.2 Å². The van der Waals surface area contributed by atoms with Gasteiger partial charge in [0.1, 0.15) is 6.07 Å². The number of carboxylic acid groups (broad SMARTS) is 1. The van der Waals surface area contributed by atoms with Crippen LogP contribution >= 0.6 is 0 Å². The van der Waals surface area contributed by atoms with Crippen LogP contribution in [0.15, 0.2) is 24.3 Å². The molecule has 1 heterocycles. The first-order valence-electron chi connectivity index (χ1n) is 6.48. The fraction of sp³-hybridized carbons (Fsp3) is 0.333. The molecule has 1 fully saturated rings. The van der Waals surface area contributed by atoms with E-state index in [-0.39, 0.29) is 0 Å². The van der Waals surface area contributed by atoms with Gasteiger partial charge in [-0.15, -0.1) is 0 Å². The summed E-state index contributed by atoms with van der Waals surface area (Å²) in [7, 11) is 0. The molecule has 5 nitrogen and oxygen atoms in total. The molecule has 104 valence electrons. The lowest BCUT2D eigenvalue weighted by Gasteiger charge is -2.23. The number of ether oxygens (including phenoxy) is 1. The molecule has 0 bridgehead atoms. The van der Waals surface area contributed by atoms with Gasteiger partial charge in [0.2, 0.25) is 0 Å². The zero-order valence-corrected chi connectivity index (χ0v) is 11.1. The van der Waals surface area contributed by atoms with Crippen LogP contribution in [-0.4, -0.2) is 37.4 Å². The summed E-state index contributed by atoms with van der Waals surface area (Å²) in [5.74, 6) is -1.00. The van der Waals surface area contributed by atoms with Crippen molar-refractivity contribution >= 4 is 17.7 Å². The van der Waals surface area contributed by atoms with E-state index in [1.165, 1.54) is 6.08 Å². The van der Waals surface area contributed by atoms with Crippen molar-refractivity contribution < 1.29 is 14.6 Å². The Morgan fingerprint density at radius 2 is 2.25 bits per heavy atom. The molecule has 0 amide bonds. The van der Waals surface area contributed by atoms with Crippen molar-refractivity contribution in [3.8, 4) is 6.07 Å². The largest absolute Gasteiger partial charge is 0.478 e. The summed E-state index contributed by atoms with van der Waals surface area (Å²) in [5, 5.41) is 17.9. The molecule has 0 unspecified atom stereocenters. The fourth-order valence-corrected chi connectivity index (χ4v) is 2.18. The highest BCUT2D eigenvalue weighted by Crippen LogP contribution is 2.23. The Kier molecular flexibility index (Phi) is 4.75. The van der Waals surface area contributed by atoms with Crippen LogP contribution in [0, 0.1) is 11.3 Å². The third-order valence-electron chi connectivity index (χ3n) is 3.12. The second kappa shape index (κ2) is 6.73. The van der Waals surface area contributed by atoms with E-state index in [1.807, 2.05) is 12.1 Å². The van der Waals surface area contributed by atoms with E-state index in [4.69, 9.17) is 9.84 Å².